The second-order valence-corrected chi connectivity index (χ2v) is 6.21. The third kappa shape index (κ3) is 3.98. The molecule has 3 aromatic heterocycles. The van der Waals surface area contributed by atoms with Crippen LogP contribution in [0.5, 0.6) is 0 Å². The molecule has 1 aromatic carbocycles. The second-order valence-electron chi connectivity index (χ2n) is 6.21. The zero-order valence-electron chi connectivity index (χ0n) is 15.3. The number of hydrogen-bond donors (Lipinski definition) is 1. The van der Waals surface area contributed by atoms with Crippen molar-refractivity contribution in [3.8, 4) is 11.3 Å². The summed E-state index contributed by atoms with van der Waals surface area (Å²) in [7, 11) is 0. The van der Waals surface area contributed by atoms with Crippen LogP contribution in [0.15, 0.2) is 63.9 Å². The number of furan rings is 1. The molecule has 4 aromatic rings. The van der Waals surface area contributed by atoms with E-state index in [9.17, 15) is 14.0 Å². The number of carbonyl (C=O) groups excluding carboxylic acids is 2. The van der Waals surface area contributed by atoms with Crippen molar-refractivity contribution in [1.82, 2.24) is 14.8 Å². The Hall–Kier alpha value is -4.01. The number of anilines is 1. The average molecular weight is 394 g/mol. The molecule has 8 nitrogen and oxygen atoms in total. The van der Waals surface area contributed by atoms with Crippen molar-refractivity contribution >= 4 is 17.5 Å². The summed E-state index contributed by atoms with van der Waals surface area (Å²) >= 11 is 0. The number of benzene rings is 1. The fourth-order valence-electron chi connectivity index (χ4n) is 2.72. The van der Waals surface area contributed by atoms with Gasteiger partial charge in [0.15, 0.2) is 35.2 Å². The Kier molecular flexibility index (Phi) is 4.78. The monoisotopic (exact) mass is 394 g/mol. The number of oxazole rings is 1. The fraction of sp³-hybridized carbons (Fsp3) is 0.100. The largest absolute Gasteiger partial charge is 0.456 e. The number of nitrogens with zero attached hydrogens (tertiary/aromatic N) is 3. The topological polar surface area (TPSA) is 103 Å². The zero-order chi connectivity index (χ0) is 20.4. The maximum absolute atomic E-state index is 13.1. The van der Waals surface area contributed by atoms with E-state index < -0.39 is 11.7 Å². The van der Waals surface area contributed by atoms with Crippen LogP contribution in [0.3, 0.4) is 0 Å². The lowest BCUT2D eigenvalue weighted by atomic mass is 10.1. The van der Waals surface area contributed by atoms with Crippen molar-refractivity contribution in [2.24, 2.45) is 0 Å². The van der Waals surface area contributed by atoms with Gasteiger partial charge in [0, 0.05) is 24.8 Å². The Labute approximate surface area is 164 Å². The molecule has 0 aliphatic heterocycles. The van der Waals surface area contributed by atoms with Crippen molar-refractivity contribution in [3.05, 3.63) is 78.1 Å². The highest BCUT2D eigenvalue weighted by atomic mass is 19.1. The van der Waals surface area contributed by atoms with Crippen molar-refractivity contribution in [3.63, 3.8) is 0 Å². The van der Waals surface area contributed by atoms with Crippen LogP contribution in [0.1, 0.15) is 33.7 Å². The first-order valence-corrected chi connectivity index (χ1v) is 8.63. The Morgan fingerprint density at radius 3 is 2.66 bits per heavy atom. The molecule has 0 spiro atoms. The first-order chi connectivity index (χ1) is 14.0. The highest BCUT2D eigenvalue weighted by molar-refractivity contribution is 6.05. The van der Waals surface area contributed by atoms with Crippen molar-refractivity contribution in [2.45, 2.75) is 13.5 Å². The van der Waals surface area contributed by atoms with E-state index in [4.69, 9.17) is 8.83 Å². The quantitative estimate of drug-likeness (QED) is 0.499. The number of carbonyl (C=O) groups is 2. The van der Waals surface area contributed by atoms with Gasteiger partial charge in [-0.1, -0.05) is 0 Å². The molecule has 0 atom stereocenters. The smallest absolute Gasteiger partial charge is 0.279 e. The van der Waals surface area contributed by atoms with Crippen molar-refractivity contribution < 1.29 is 22.8 Å². The molecule has 4 rings (SSSR count). The van der Waals surface area contributed by atoms with Gasteiger partial charge in [-0.05, 0) is 36.4 Å². The molecule has 0 saturated carbocycles. The summed E-state index contributed by atoms with van der Waals surface area (Å²) in [5.41, 5.74) is 0.585. The zero-order valence-corrected chi connectivity index (χ0v) is 15.3. The average Bonchev–Trinajstić information content (AvgIpc) is 3.43. The van der Waals surface area contributed by atoms with Gasteiger partial charge in [0.2, 0.25) is 0 Å². The number of halogens is 1. The van der Waals surface area contributed by atoms with Gasteiger partial charge in [0.25, 0.3) is 5.91 Å². The van der Waals surface area contributed by atoms with Gasteiger partial charge in [-0.3, -0.25) is 14.3 Å². The van der Waals surface area contributed by atoms with E-state index in [1.165, 1.54) is 31.2 Å². The van der Waals surface area contributed by atoms with Crippen LogP contribution < -0.4 is 5.32 Å². The van der Waals surface area contributed by atoms with Gasteiger partial charge >= 0.3 is 0 Å². The van der Waals surface area contributed by atoms with Gasteiger partial charge < -0.3 is 14.2 Å². The van der Waals surface area contributed by atoms with E-state index in [0.29, 0.717) is 23.7 Å². The summed E-state index contributed by atoms with van der Waals surface area (Å²) in [6.45, 7) is 1.72. The molecule has 0 fully saturated rings. The third-order valence-electron chi connectivity index (χ3n) is 4.10. The van der Waals surface area contributed by atoms with Gasteiger partial charge in [0.05, 0.1) is 6.54 Å². The summed E-state index contributed by atoms with van der Waals surface area (Å²) in [5.74, 6) is 0.313. The SMILES string of the molecule is CC(=O)c1ccc(Cn2ccc(NC(=O)c3ncoc3-c3ccc(F)cc3)n2)o1. The van der Waals surface area contributed by atoms with Gasteiger partial charge in [-0.15, -0.1) is 0 Å². The molecule has 1 amide bonds. The molecule has 29 heavy (non-hydrogen) atoms. The first-order valence-electron chi connectivity index (χ1n) is 8.63. The fourth-order valence-corrected chi connectivity index (χ4v) is 2.72. The minimum Gasteiger partial charge on any atom is -0.456 e. The Bertz CT molecular complexity index is 1170. The molecule has 3 heterocycles. The number of rotatable bonds is 6. The molecule has 0 aliphatic carbocycles. The summed E-state index contributed by atoms with van der Waals surface area (Å²) < 4.78 is 25.4. The number of aromatic nitrogens is 3. The standard InChI is InChI=1S/C20H15FN4O4/c1-12(26)16-7-6-15(29-16)10-25-9-8-17(24-25)23-20(27)18-19(28-11-22-18)13-2-4-14(21)5-3-13/h2-9,11H,10H2,1H3,(H,23,24,27). The van der Waals surface area contributed by atoms with Crippen molar-refractivity contribution in [2.75, 3.05) is 5.32 Å². The Morgan fingerprint density at radius 2 is 1.93 bits per heavy atom. The lowest BCUT2D eigenvalue weighted by Crippen LogP contribution is -2.14. The molecular weight excluding hydrogens is 379 g/mol. The van der Waals surface area contributed by atoms with Gasteiger partial charge in [0.1, 0.15) is 11.6 Å². The molecule has 1 N–H and O–H groups in total. The van der Waals surface area contributed by atoms with Gasteiger partial charge in [-0.25, -0.2) is 9.37 Å². The van der Waals surface area contributed by atoms with Crippen LogP contribution >= 0.6 is 0 Å². The van der Waals surface area contributed by atoms with E-state index in [2.05, 4.69) is 15.4 Å². The Balaban J connectivity index is 1.46. The molecule has 0 bridgehead atoms. The third-order valence-corrected chi connectivity index (χ3v) is 4.10. The number of amides is 1. The van der Waals surface area contributed by atoms with Gasteiger partial charge in [-0.2, -0.15) is 5.10 Å². The predicted octanol–water partition coefficient (Wildman–Crippen LogP) is 3.77. The molecule has 0 unspecified atom stereocenters. The number of Topliss-reactive ketones (excluding diaryl/α,β-unsaturated/α-hetero) is 1. The lowest BCUT2D eigenvalue weighted by molar-refractivity contribution is 0.0983. The predicted molar refractivity (Wildman–Crippen MR) is 99.9 cm³/mol. The normalized spacial score (nSPS) is 10.8. The van der Waals surface area contributed by atoms with E-state index in [1.54, 1.807) is 29.1 Å². The molecule has 0 saturated heterocycles. The number of ketones is 1. The van der Waals surface area contributed by atoms with E-state index in [0.717, 1.165) is 6.39 Å². The Morgan fingerprint density at radius 1 is 1.14 bits per heavy atom. The van der Waals surface area contributed by atoms with Crippen LogP contribution in [-0.2, 0) is 6.54 Å². The highest BCUT2D eigenvalue weighted by Crippen LogP contribution is 2.24. The number of nitrogens with one attached hydrogen (secondary N) is 1. The minimum absolute atomic E-state index is 0.0586. The summed E-state index contributed by atoms with van der Waals surface area (Å²) in [5, 5.41) is 6.90. The van der Waals surface area contributed by atoms with Crippen molar-refractivity contribution in [1.29, 1.82) is 0 Å². The molecular formula is C20H15FN4O4. The van der Waals surface area contributed by atoms with Crippen LogP contribution in [0.25, 0.3) is 11.3 Å². The lowest BCUT2D eigenvalue weighted by Gasteiger charge is -2.02. The first kappa shape index (κ1) is 18.4. The second kappa shape index (κ2) is 7.55. The molecule has 146 valence electrons. The van der Waals surface area contributed by atoms with E-state index >= 15 is 0 Å². The minimum atomic E-state index is -0.514. The molecule has 0 radical (unpaired) electrons. The van der Waals surface area contributed by atoms with E-state index in [-0.39, 0.29) is 23.0 Å². The van der Waals surface area contributed by atoms with Crippen LogP contribution in [0.4, 0.5) is 10.2 Å². The molecule has 9 heteroatoms. The van der Waals surface area contributed by atoms with Crippen LogP contribution in [-0.4, -0.2) is 26.5 Å². The van der Waals surface area contributed by atoms with Crippen LogP contribution in [0.2, 0.25) is 0 Å². The van der Waals surface area contributed by atoms with Crippen LogP contribution in [0, 0.1) is 5.82 Å². The maximum Gasteiger partial charge on any atom is 0.279 e. The highest BCUT2D eigenvalue weighted by Gasteiger charge is 2.19. The number of hydrogen-bond acceptors (Lipinski definition) is 6. The summed E-state index contributed by atoms with van der Waals surface area (Å²) in [6, 6.07) is 10.5. The maximum atomic E-state index is 13.1. The summed E-state index contributed by atoms with van der Waals surface area (Å²) in [4.78, 5) is 27.8. The molecule has 0 aliphatic rings. The van der Waals surface area contributed by atoms with E-state index in [1.807, 2.05) is 0 Å². The summed E-state index contributed by atoms with van der Waals surface area (Å²) in [6.07, 6.45) is 2.81.